The molecule has 3 nitrogen and oxygen atoms in total. The minimum atomic E-state index is 0.382. The fourth-order valence-corrected chi connectivity index (χ4v) is 3.28. The van der Waals surface area contributed by atoms with Crippen molar-refractivity contribution in [3.05, 3.63) is 34.9 Å². The van der Waals surface area contributed by atoms with Crippen molar-refractivity contribution in [1.29, 1.82) is 0 Å². The lowest BCUT2D eigenvalue weighted by molar-refractivity contribution is 0.883. The first-order chi connectivity index (χ1) is 8.63. The van der Waals surface area contributed by atoms with Gasteiger partial charge >= 0.3 is 0 Å². The smallest absolute Gasteiger partial charge is 0.206 e. The highest BCUT2D eigenvalue weighted by molar-refractivity contribution is 8.00. The molecule has 0 aliphatic heterocycles. The van der Waals surface area contributed by atoms with Crippen molar-refractivity contribution in [2.75, 3.05) is 5.32 Å². The van der Waals surface area contributed by atoms with Crippen molar-refractivity contribution in [3.8, 4) is 0 Å². The lowest BCUT2D eigenvalue weighted by atomic mass is 10.2. The van der Waals surface area contributed by atoms with Gasteiger partial charge in [0.2, 0.25) is 5.13 Å². The van der Waals surface area contributed by atoms with Crippen LogP contribution in [0.15, 0.2) is 28.6 Å². The van der Waals surface area contributed by atoms with E-state index in [1.54, 1.807) is 23.1 Å². The summed E-state index contributed by atoms with van der Waals surface area (Å²) in [5.41, 5.74) is 1.23. The Hall–Kier alpha value is -0.780. The lowest BCUT2D eigenvalue weighted by Gasteiger charge is -2.03. The number of rotatable bonds is 5. The number of hydrogen-bond acceptors (Lipinski definition) is 5. The van der Waals surface area contributed by atoms with Crippen molar-refractivity contribution in [3.63, 3.8) is 0 Å². The quantitative estimate of drug-likeness (QED) is 0.835. The minimum Gasteiger partial charge on any atom is -0.358 e. The molecule has 0 aliphatic rings. The fourth-order valence-electron chi connectivity index (χ4n) is 1.30. The van der Waals surface area contributed by atoms with Crippen LogP contribution in [0.1, 0.15) is 19.4 Å². The number of aromatic nitrogens is 2. The predicted octanol–water partition coefficient (Wildman–Crippen LogP) is 4.30. The molecule has 0 amide bonds. The van der Waals surface area contributed by atoms with Gasteiger partial charge in [0.15, 0.2) is 4.34 Å². The van der Waals surface area contributed by atoms with E-state index in [2.05, 4.69) is 29.4 Å². The fraction of sp³-hybridized carbons (Fsp3) is 0.333. The van der Waals surface area contributed by atoms with Crippen LogP contribution in [0.5, 0.6) is 0 Å². The third kappa shape index (κ3) is 4.15. The summed E-state index contributed by atoms with van der Waals surface area (Å²) >= 11 is 9.12. The van der Waals surface area contributed by atoms with E-state index in [0.29, 0.717) is 6.04 Å². The number of hydrogen-bond donors (Lipinski definition) is 1. The van der Waals surface area contributed by atoms with E-state index in [9.17, 15) is 0 Å². The van der Waals surface area contributed by atoms with Crippen LogP contribution in [-0.4, -0.2) is 16.2 Å². The van der Waals surface area contributed by atoms with Gasteiger partial charge in [-0.05, 0) is 31.5 Å². The van der Waals surface area contributed by atoms with Crippen LogP contribution < -0.4 is 5.32 Å². The van der Waals surface area contributed by atoms with Crippen molar-refractivity contribution in [1.82, 2.24) is 10.2 Å². The van der Waals surface area contributed by atoms with Crippen molar-refractivity contribution in [2.45, 2.75) is 30.0 Å². The molecule has 0 atom stereocenters. The molecule has 2 rings (SSSR count). The molecule has 0 spiro atoms. The normalized spacial score (nSPS) is 10.9. The monoisotopic (exact) mass is 299 g/mol. The number of anilines is 1. The summed E-state index contributed by atoms with van der Waals surface area (Å²) in [5.74, 6) is 0.882. The average Bonchev–Trinajstić information content (AvgIpc) is 2.75. The molecule has 1 N–H and O–H groups in total. The Morgan fingerprint density at radius 3 is 2.67 bits per heavy atom. The van der Waals surface area contributed by atoms with Gasteiger partial charge in [-0.15, -0.1) is 10.2 Å². The zero-order valence-electron chi connectivity index (χ0n) is 10.2. The number of benzene rings is 1. The van der Waals surface area contributed by atoms with Crippen molar-refractivity contribution < 1.29 is 0 Å². The Kier molecular flexibility index (Phi) is 4.86. The molecule has 0 bridgehead atoms. The Bertz CT molecular complexity index is 496. The van der Waals surface area contributed by atoms with Crippen LogP contribution in [-0.2, 0) is 5.75 Å². The average molecular weight is 300 g/mol. The van der Waals surface area contributed by atoms with Gasteiger partial charge in [-0.25, -0.2) is 0 Å². The number of halogens is 1. The molecule has 0 radical (unpaired) electrons. The third-order valence-electron chi connectivity index (χ3n) is 2.09. The first-order valence-corrected chi connectivity index (χ1v) is 7.79. The van der Waals surface area contributed by atoms with E-state index in [1.165, 1.54) is 5.56 Å². The summed E-state index contributed by atoms with van der Waals surface area (Å²) in [6.07, 6.45) is 0. The highest BCUT2D eigenvalue weighted by Gasteiger charge is 2.05. The predicted molar refractivity (Wildman–Crippen MR) is 79.7 cm³/mol. The van der Waals surface area contributed by atoms with E-state index < -0.39 is 0 Å². The van der Waals surface area contributed by atoms with Gasteiger partial charge in [0.25, 0.3) is 0 Å². The van der Waals surface area contributed by atoms with Crippen LogP contribution in [0.25, 0.3) is 0 Å². The first kappa shape index (κ1) is 13.6. The third-order valence-corrected chi connectivity index (χ3v) is 4.41. The Morgan fingerprint density at radius 2 is 2.00 bits per heavy atom. The molecule has 2 aromatic rings. The van der Waals surface area contributed by atoms with Crippen LogP contribution >= 0.6 is 34.7 Å². The largest absolute Gasteiger partial charge is 0.358 e. The van der Waals surface area contributed by atoms with Crippen LogP contribution in [0, 0.1) is 0 Å². The molecule has 0 fully saturated rings. The second-order valence-electron chi connectivity index (χ2n) is 4.09. The van der Waals surface area contributed by atoms with Gasteiger partial charge in [0, 0.05) is 16.8 Å². The molecule has 0 aliphatic carbocycles. The molecule has 1 aromatic carbocycles. The van der Waals surface area contributed by atoms with Crippen LogP contribution in [0.2, 0.25) is 5.02 Å². The molecule has 1 aromatic heterocycles. The van der Waals surface area contributed by atoms with Gasteiger partial charge in [0.05, 0.1) is 0 Å². The minimum absolute atomic E-state index is 0.382. The van der Waals surface area contributed by atoms with E-state index in [0.717, 1.165) is 20.2 Å². The van der Waals surface area contributed by atoms with E-state index in [-0.39, 0.29) is 0 Å². The molecule has 0 saturated carbocycles. The van der Waals surface area contributed by atoms with Crippen molar-refractivity contribution in [2.24, 2.45) is 0 Å². The van der Waals surface area contributed by atoms with E-state index in [4.69, 9.17) is 11.6 Å². The molecule has 96 valence electrons. The Labute approximate surface area is 120 Å². The van der Waals surface area contributed by atoms with Gasteiger partial charge in [-0.2, -0.15) is 0 Å². The second kappa shape index (κ2) is 6.41. The Balaban J connectivity index is 1.90. The van der Waals surface area contributed by atoms with Crippen LogP contribution in [0.3, 0.4) is 0 Å². The van der Waals surface area contributed by atoms with Crippen LogP contribution in [0.4, 0.5) is 5.13 Å². The zero-order valence-corrected chi connectivity index (χ0v) is 12.6. The van der Waals surface area contributed by atoms with Gasteiger partial charge in [-0.1, -0.05) is 46.8 Å². The molecule has 0 unspecified atom stereocenters. The maximum Gasteiger partial charge on any atom is 0.206 e. The Morgan fingerprint density at radius 1 is 1.28 bits per heavy atom. The molecule has 18 heavy (non-hydrogen) atoms. The number of nitrogens with zero attached hydrogens (tertiary/aromatic N) is 2. The summed E-state index contributed by atoms with van der Waals surface area (Å²) in [6.45, 7) is 4.17. The maximum atomic E-state index is 5.85. The highest BCUT2D eigenvalue weighted by atomic mass is 35.5. The first-order valence-electron chi connectivity index (χ1n) is 5.61. The molecular formula is C12H14ClN3S2. The second-order valence-corrected chi connectivity index (χ2v) is 6.72. The SMILES string of the molecule is CC(C)Nc1nnc(SCc2ccc(Cl)cc2)s1. The van der Waals surface area contributed by atoms with Gasteiger partial charge in [-0.3, -0.25) is 0 Å². The van der Waals surface area contributed by atoms with Gasteiger partial charge < -0.3 is 5.32 Å². The summed E-state index contributed by atoms with van der Waals surface area (Å²) < 4.78 is 0.980. The van der Waals surface area contributed by atoms with Crippen molar-refractivity contribution >= 4 is 39.8 Å². The summed E-state index contributed by atoms with van der Waals surface area (Å²) in [6, 6.07) is 8.26. The van der Waals surface area contributed by atoms with Gasteiger partial charge in [0.1, 0.15) is 0 Å². The number of nitrogens with one attached hydrogen (secondary N) is 1. The standard InChI is InChI=1S/C12H14ClN3S2/c1-8(2)14-11-15-16-12(18-11)17-7-9-3-5-10(13)6-4-9/h3-6,8H,7H2,1-2H3,(H,14,15). The summed E-state index contributed by atoms with van der Waals surface area (Å²) in [4.78, 5) is 0. The summed E-state index contributed by atoms with van der Waals surface area (Å²) in [5, 5.41) is 13.1. The molecule has 0 saturated heterocycles. The van der Waals surface area contributed by atoms with E-state index >= 15 is 0 Å². The maximum absolute atomic E-state index is 5.85. The number of thioether (sulfide) groups is 1. The molecule has 1 heterocycles. The van der Waals surface area contributed by atoms with E-state index in [1.807, 2.05) is 24.3 Å². The summed E-state index contributed by atoms with van der Waals surface area (Å²) in [7, 11) is 0. The molecular weight excluding hydrogens is 286 g/mol. The zero-order chi connectivity index (χ0) is 13.0. The molecule has 6 heteroatoms. The topological polar surface area (TPSA) is 37.8 Å². The highest BCUT2D eigenvalue weighted by Crippen LogP contribution is 2.28. The lowest BCUT2D eigenvalue weighted by Crippen LogP contribution is -2.08.